The summed E-state index contributed by atoms with van der Waals surface area (Å²) >= 11 is 3.10. The summed E-state index contributed by atoms with van der Waals surface area (Å²) in [4.78, 5) is 13.5. The highest BCUT2D eigenvalue weighted by atomic mass is 79.9. The number of hydrogen-bond donors (Lipinski definition) is 1. The van der Waals surface area contributed by atoms with Gasteiger partial charge in [0.2, 0.25) is 0 Å². The van der Waals surface area contributed by atoms with Crippen molar-refractivity contribution in [3.63, 3.8) is 0 Å². The minimum absolute atomic E-state index is 0.450. The first-order valence-electron chi connectivity index (χ1n) is 3.20. The molecule has 0 radical (unpaired) electrons. The fourth-order valence-corrected chi connectivity index (χ4v) is 1.10. The van der Waals surface area contributed by atoms with E-state index in [-0.39, 0.29) is 0 Å². The minimum atomic E-state index is -2.71. The molecule has 0 unspecified atom stereocenters. The Kier molecular flexibility index (Phi) is 2.97. The predicted molar refractivity (Wildman–Crippen MR) is 44.7 cm³/mol. The molecule has 0 aliphatic carbocycles. The Bertz CT molecular complexity index is 323. The number of rotatable bonds is 2. The van der Waals surface area contributed by atoms with Crippen molar-refractivity contribution in [1.82, 2.24) is 4.98 Å². The lowest BCUT2D eigenvalue weighted by atomic mass is 10.2. The van der Waals surface area contributed by atoms with Crippen molar-refractivity contribution in [3.05, 3.63) is 33.7 Å². The molecule has 12 heavy (non-hydrogen) atoms. The van der Waals surface area contributed by atoms with Gasteiger partial charge in [-0.3, -0.25) is 4.79 Å². The molecule has 0 fully saturated rings. The van der Waals surface area contributed by atoms with E-state index in [2.05, 4.69) is 20.9 Å². The average Bonchev–Trinajstić information content (AvgIpc) is 2.03. The van der Waals surface area contributed by atoms with E-state index in [0.717, 1.165) is 12.3 Å². The highest BCUT2D eigenvalue weighted by molar-refractivity contribution is 9.08. The van der Waals surface area contributed by atoms with E-state index < -0.39 is 17.4 Å². The predicted octanol–water partition coefficient (Wildman–Crippen LogP) is 2.21. The third-order valence-electron chi connectivity index (χ3n) is 1.38. The van der Waals surface area contributed by atoms with Crippen molar-refractivity contribution in [2.75, 3.05) is 0 Å². The Morgan fingerprint density at radius 2 is 2.25 bits per heavy atom. The fraction of sp³-hybridized carbons (Fsp3) is 0.286. The Hall–Kier alpha value is -0.710. The Labute approximate surface area is 75.7 Å². The molecule has 1 aromatic rings. The van der Waals surface area contributed by atoms with Crippen molar-refractivity contribution < 1.29 is 8.78 Å². The molecule has 0 atom stereocenters. The van der Waals surface area contributed by atoms with E-state index in [0.29, 0.717) is 11.0 Å². The smallest absolute Gasteiger partial charge is 0.269 e. The third-order valence-corrected chi connectivity index (χ3v) is 1.99. The molecule has 0 saturated heterocycles. The molecule has 1 heterocycles. The second kappa shape index (κ2) is 3.80. The van der Waals surface area contributed by atoms with Crippen LogP contribution < -0.4 is 5.43 Å². The first-order valence-corrected chi connectivity index (χ1v) is 4.33. The highest BCUT2D eigenvalue weighted by Gasteiger charge is 2.11. The summed E-state index contributed by atoms with van der Waals surface area (Å²) in [5.74, 6) is 0. The van der Waals surface area contributed by atoms with Gasteiger partial charge < -0.3 is 4.98 Å². The van der Waals surface area contributed by atoms with Gasteiger partial charge in [0.15, 0.2) is 5.43 Å². The molecule has 66 valence electrons. The van der Waals surface area contributed by atoms with Crippen molar-refractivity contribution in [2.45, 2.75) is 11.8 Å². The Balaban J connectivity index is 3.12. The number of alkyl halides is 3. The van der Waals surface area contributed by atoms with Crippen LogP contribution in [0.15, 0.2) is 17.1 Å². The van der Waals surface area contributed by atoms with Crippen LogP contribution >= 0.6 is 15.9 Å². The molecule has 1 aromatic heterocycles. The van der Waals surface area contributed by atoms with Crippen molar-refractivity contribution >= 4 is 15.9 Å². The molecule has 0 aliphatic rings. The second-order valence-corrected chi connectivity index (χ2v) is 2.77. The summed E-state index contributed by atoms with van der Waals surface area (Å²) in [6, 6.07) is 1.16. The summed E-state index contributed by atoms with van der Waals surface area (Å²) in [7, 11) is 0. The van der Waals surface area contributed by atoms with Crippen molar-refractivity contribution in [3.8, 4) is 0 Å². The second-order valence-electron chi connectivity index (χ2n) is 2.21. The maximum atomic E-state index is 12.0. The molecule has 0 aliphatic heterocycles. The number of pyridine rings is 1. The molecular formula is C7H6BrF2NO. The lowest BCUT2D eigenvalue weighted by molar-refractivity contribution is 0.149. The average molecular weight is 238 g/mol. The summed E-state index contributed by atoms with van der Waals surface area (Å²) < 4.78 is 24.1. The molecule has 0 amide bonds. The summed E-state index contributed by atoms with van der Waals surface area (Å²) in [6.07, 6.45) is -1.66. The van der Waals surface area contributed by atoms with Gasteiger partial charge in [0, 0.05) is 23.3 Å². The highest BCUT2D eigenvalue weighted by Crippen LogP contribution is 2.13. The number of hydrogen-bond acceptors (Lipinski definition) is 1. The summed E-state index contributed by atoms with van der Waals surface area (Å²) in [5, 5.41) is 0.450. The molecule has 0 spiro atoms. The van der Waals surface area contributed by atoms with Gasteiger partial charge in [-0.05, 0) is 0 Å². The largest absolute Gasteiger partial charge is 0.364 e. The normalized spacial score (nSPS) is 10.7. The first-order chi connectivity index (χ1) is 5.65. The van der Waals surface area contributed by atoms with Gasteiger partial charge in [0.1, 0.15) is 0 Å². The number of aromatic amines is 1. The summed E-state index contributed by atoms with van der Waals surface area (Å²) in [6.45, 7) is 0. The number of nitrogens with one attached hydrogen (secondary N) is 1. The van der Waals surface area contributed by atoms with Crippen LogP contribution in [-0.2, 0) is 5.33 Å². The Morgan fingerprint density at radius 1 is 1.58 bits per heavy atom. The van der Waals surface area contributed by atoms with Gasteiger partial charge in [-0.15, -0.1) is 0 Å². The molecule has 1 rings (SSSR count). The van der Waals surface area contributed by atoms with Gasteiger partial charge >= 0.3 is 0 Å². The zero-order chi connectivity index (χ0) is 9.14. The first kappa shape index (κ1) is 9.38. The lowest BCUT2D eigenvalue weighted by Gasteiger charge is -1.99. The van der Waals surface area contributed by atoms with Crippen LogP contribution in [0.4, 0.5) is 8.78 Å². The van der Waals surface area contributed by atoms with Crippen molar-refractivity contribution in [2.24, 2.45) is 0 Å². The lowest BCUT2D eigenvalue weighted by Crippen LogP contribution is -2.09. The minimum Gasteiger partial charge on any atom is -0.364 e. The SMILES string of the molecule is O=c1cc(CBr)[nH]cc1C(F)F. The van der Waals surface area contributed by atoms with Crippen LogP contribution in [0.1, 0.15) is 17.7 Å². The topological polar surface area (TPSA) is 32.9 Å². The van der Waals surface area contributed by atoms with Crippen LogP contribution in [0.3, 0.4) is 0 Å². The maximum Gasteiger partial charge on any atom is 0.269 e. The zero-order valence-corrected chi connectivity index (χ0v) is 7.57. The molecule has 2 nitrogen and oxygen atoms in total. The van der Waals surface area contributed by atoms with Gasteiger partial charge in [-0.1, -0.05) is 15.9 Å². The van der Waals surface area contributed by atoms with Crippen molar-refractivity contribution in [1.29, 1.82) is 0 Å². The van der Waals surface area contributed by atoms with Crippen LogP contribution in [0, 0.1) is 0 Å². The monoisotopic (exact) mass is 237 g/mol. The number of halogens is 3. The van der Waals surface area contributed by atoms with E-state index in [1.165, 1.54) is 0 Å². The Morgan fingerprint density at radius 3 is 2.67 bits per heavy atom. The third kappa shape index (κ3) is 1.91. The molecule has 0 aromatic carbocycles. The maximum absolute atomic E-state index is 12.0. The molecule has 0 saturated carbocycles. The van der Waals surface area contributed by atoms with Crippen LogP contribution in [0.25, 0.3) is 0 Å². The van der Waals surface area contributed by atoms with Crippen LogP contribution in [-0.4, -0.2) is 4.98 Å². The van der Waals surface area contributed by atoms with E-state index in [9.17, 15) is 13.6 Å². The zero-order valence-electron chi connectivity index (χ0n) is 5.98. The van der Waals surface area contributed by atoms with Gasteiger partial charge in [-0.25, -0.2) is 8.78 Å². The number of aromatic nitrogens is 1. The van der Waals surface area contributed by atoms with Gasteiger partial charge in [-0.2, -0.15) is 0 Å². The molecule has 1 N–H and O–H groups in total. The quantitative estimate of drug-likeness (QED) is 0.787. The number of H-pyrrole nitrogens is 1. The molecular weight excluding hydrogens is 232 g/mol. The van der Waals surface area contributed by atoms with Crippen LogP contribution in [0.2, 0.25) is 0 Å². The fourth-order valence-electron chi connectivity index (χ4n) is 0.773. The van der Waals surface area contributed by atoms with Gasteiger partial charge in [0.05, 0.1) is 5.56 Å². The molecule has 5 heteroatoms. The van der Waals surface area contributed by atoms with E-state index in [4.69, 9.17) is 0 Å². The standard InChI is InChI=1S/C7H6BrF2NO/c8-2-4-1-6(12)5(3-11-4)7(9)10/h1,3,7H,2H2,(H,11,12). The van der Waals surface area contributed by atoms with Crippen LogP contribution in [0.5, 0.6) is 0 Å². The summed E-state index contributed by atoms with van der Waals surface area (Å²) in [5.41, 5.74) is -0.526. The molecule has 0 bridgehead atoms. The van der Waals surface area contributed by atoms with E-state index >= 15 is 0 Å². The van der Waals surface area contributed by atoms with Gasteiger partial charge in [0.25, 0.3) is 6.43 Å². The van der Waals surface area contributed by atoms with E-state index in [1.807, 2.05) is 0 Å². The van der Waals surface area contributed by atoms with E-state index in [1.54, 1.807) is 0 Å².